The molecule has 34 heavy (non-hydrogen) atoms. The first-order valence-corrected chi connectivity index (χ1v) is 12.8. The van der Waals surface area contributed by atoms with E-state index in [9.17, 15) is 0 Å². The predicted molar refractivity (Wildman–Crippen MR) is 144 cm³/mol. The Balaban J connectivity index is 1.38. The second-order valence-corrected chi connectivity index (χ2v) is 10.2. The molecule has 0 aliphatic carbocycles. The van der Waals surface area contributed by atoms with Gasteiger partial charge >= 0.3 is 0 Å². The summed E-state index contributed by atoms with van der Waals surface area (Å²) in [6, 6.07) is 14.3. The molecular weight excluding hydrogens is 487 g/mol. The van der Waals surface area contributed by atoms with Gasteiger partial charge in [0.15, 0.2) is 0 Å². The number of methoxy groups -OCH3 is 1. The van der Waals surface area contributed by atoms with Gasteiger partial charge in [-0.05, 0) is 30.3 Å². The number of benzene rings is 2. The Labute approximate surface area is 213 Å². The molecule has 8 heteroatoms. The third-order valence-electron chi connectivity index (χ3n) is 6.23. The van der Waals surface area contributed by atoms with Crippen molar-refractivity contribution in [1.29, 1.82) is 0 Å². The second kappa shape index (κ2) is 10.1. The predicted octanol–water partition coefficient (Wildman–Crippen LogP) is 6.77. The molecule has 5 nitrogen and oxygen atoms in total. The van der Waals surface area contributed by atoms with Crippen molar-refractivity contribution in [2.45, 2.75) is 6.54 Å². The van der Waals surface area contributed by atoms with E-state index in [1.54, 1.807) is 24.5 Å². The Morgan fingerprint density at radius 1 is 1.00 bits per heavy atom. The number of anilines is 2. The lowest BCUT2D eigenvalue weighted by molar-refractivity contribution is 0.148. The van der Waals surface area contributed by atoms with Gasteiger partial charge in [0, 0.05) is 55.9 Å². The fourth-order valence-electron chi connectivity index (χ4n) is 4.22. The maximum Gasteiger partial charge on any atom is 0.139 e. The van der Waals surface area contributed by atoms with Gasteiger partial charge in [0.1, 0.15) is 5.75 Å². The number of fused-ring (bicyclic) bond motifs is 1. The lowest BCUT2D eigenvalue weighted by Crippen LogP contribution is -2.43. The molecule has 1 N–H and O–H groups in total. The average Bonchev–Trinajstić information content (AvgIpc) is 3.28. The van der Waals surface area contributed by atoms with Gasteiger partial charge in [0.05, 0.1) is 38.7 Å². The first kappa shape index (κ1) is 23.4. The Morgan fingerprint density at radius 2 is 1.76 bits per heavy atom. The van der Waals surface area contributed by atoms with Crippen LogP contribution in [0.4, 0.5) is 11.4 Å². The number of thiophene rings is 1. The number of nitrogens with one attached hydrogen (secondary N) is 1. The minimum absolute atomic E-state index is 0.479. The molecule has 1 aliphatic rings. The van der Waals surface area contributed by atoms with Gasteiger partial charge in [-0.1, -0.05) is 47.5 Å². The van der Waals surface area contributed by atoms with Crippen LogP contribution < -0.4 is 10.1 Å². The molecule has 0 bridgehead atoms. The van der Waals surface area contributed by atoms with Crippen molar-refractivity contribution in [3.05, 3.63) is 69.7 Å². The zero-order valence-electron chi connectivity index (χ0n) is 19.1. The van der Waals surface area contributed by atoms with Crippen LogP contribution in [0.5, 0.6) is 5.75 Å². The Bertz CT molecular complexity index is 1300. The van der Waals surface area contributed by atoms with E-state index in [1.807, 2.05) is 18.3 Å². The van der Waals surface area contributed by atoms with Crippen molar-refractivity contribution in [3.63, 3.8) is 0 Å². The maximum atomic E-state index is 6.43. The van der Waals surface area contributed by atoms with Gasteiger partial charge in [0.2, 0.25) is 0 Å². The number of rotatable bonds is 6. The highest BCUT2D eigenvalue weighted by atomic mass is 35.5. The van der Waals surface area contributed by atoms with Crippen molar-refractivity contribution in [2.75, 3.05) is 45.7 Å². The van der Waals surface area contributed by atoms with E-state index >= 15 is 0 Å². The molecule has 1 aliphatic heterocycles. The molecule has 0 saturated carbocycles. The zero-order valence-corrected chi connectivity index (χ0v) is 21.5. The van der Waals surface area contributed by atoms with Crippen molar-refractivity contribution in [1.82, 2.24) is 14.8 Å². The van der Waals surface area contributed by atoms with Crippen LogP contribution in [0.25, 0.3) is 21.3 Å². The summed E-state index contributed by atoms with van der Waals surface area (Å²) in [6.45, 7) is 5.51. The van der Waals surface area contributed by atoms with Crippen LogP contribution in [0.3, 0.4) is 0 Å². The first-order chi connectivity index (χ1) is 16.5. The largest absolute Gasteiger partial charge is 0.495 e. The van der Waals surface area contributed by atoms with E-state index in [0.29, 0.717) is 15.8 Å². The molecule has 0 amide bonds. The van der Waals surface area contributed by atoms with E-state index in [-0.39, 0.29) is 0 Å². The number of pyridine rings is 1. The van der Waals surface area contributed by atoms with Crippen LogP contribution in [0, 0.1) is 0 Å². The van der Waals surface area contributed by atoms with Gasteiger partial charge in [-0.15, -0.1) is 11.3 Å². The minimum Gasteiger partial charge on any atom is -0.495 e. The quantitative estimate of drug-likeness (QED) is 0.308. The molecular formula is C26H26Cl2N4OS. The summed E-state index contributed by atoms with van der Waals surface area (Å²) in [5.41, 5.74) is 6.30. The van der Waals surface area contributed by atoms with Crippen molar-refractivity contribution in [3.8, 4) is 16.9 Å². The number of aromatic nitrogens is 1. The SMILES string of the molecule is COc1cc(Nc2ccnc3c(-c4ccc(CN5CCN(C)CC5)cc4)csc23)c(Cl)cc1Cl. The highest BCUT2D eigenvalue weighted by Gasteiger charge is 2.16. The van der Waals surface area contributed by atoms with Crippen LogP contribution in [0.1, 0.15) is 5.56 Å². The molecule has 3 heterocycles. The van der Waals surface area contributed by atoms with E-state index < -0.39 is 0 Å². The first-order valence-electron chi connectivity index (χ1n) is 11.2. The van der Waals surface area contributed by atoms with Crippen LogP contribution in [-0.4, -0.2) is 55.1 Å². The third-order valence-corrected chi connectivity index (χ3v) is 7.84. The minimum atomic E-state index is 0.479. The van der Waals surface area contributed by atoms with Gasteiger partial charge in [-0.2, -0.15) is 0 Å². The Morgan fingerprint density at radius 3 is 2.50 bits per heavy atom. The van der Waals surface area contributed by atoms with E-state index in [0.717, 1.165) is 59.9 Å². The van der Waals surface area contributed by atoms with E-state index in [4.69, 9.17) is 32.9 Å². The lowest BCUT2D eigenvalue weighted by Gasteiger charge is -2.32. The molecule has 5 rings (SSSR count). The van der Waals surface area contributed by atoms with Gasteiger partial charge in [-0.25, -0.2) is 0 Å². The monoisotopic (exact) mass is 512 g/mol. The van der Waals surface area contributed by atoms with Crippen LogP contribution in [-0.2, 0) is 6.54 Å². The molecule has 0 spiro atoms. The smallest absolute Gasteiger partial charge is 0.139 e. The number of hydrogen-bond donors (Lipinski definition) is 1. The van der Waals surface area contributed by atoms with Gasteiger partial charge in [0.25, 0.3) is 0 Å². The summed E-state index contributed by atoms with van der Waals surface area (Å²) in [5.74, 6) is 0.572. The molecule has 1 saturated heterocycles. The number of nitrogens with zero attached hydrogens (tertiary/aromatic N) is 3. The van der Waals surface area contributed by atoms with Crippen LogP contribution in [0.2, 0.25) is 10.0 Å². The molecule has 176 valence electrons. The topological polar surface area (TPSA) is 40.6 Å². The van der Waals surface area contributed by atoms with Gasteiger partial charge in [-0.3, -0.25) is 9.88 Å². The van der Waals surface area contributed by atoms with Crippen molar-refractivity contribution < 1.29 is 4.74 Å². The molecule has 0 unspecified atom stereocenters. The molecule has 2 aromatic carbocycles. The van der Waals surface area contributed by atoms with Crippen molar-refractivity contribution >= 4 is 56.1 Å². The molecule has 4 aromatic rings. The van der Waals surface area contributed by atoms with Crippen LogP contribution >= 0.6 is 34.5 Å². The number of halogens is 2. The van der Waals surface area contributed by atoms with Gasteiger partial charge < -0.3 is 15.0 Å². The summed E-state index contributed by atoms with van der Waals surface area (Å²) in [7, 11) is 3.78. The fraction of sp³-hybridized carbons (Fsp3) is 0.269. The number of ether oxygens (including phenoxy) is 1. The zero-order chi connectivity index (χ0) is 23.7. The molecule has 0 atom stereocenters. The second-order valence-electron chi connectivity index (χ2n) is 8.55. The lowest BCUT2D eigenvalue weighted by atomic mass is 10.0. The fourth-order valence-corrected chi connectivity index (χ4v) is 5.73. The molecule has 2 aromatic heterocycles. The summed E-state index contributed by atoms with van der Waals surface area (Å²) >= 11 is 14.3. The highest BCUT2D eigenvalue weighted by molar-refractivity contribution is 7.18. The maximum absolute atomic E-state index is 6.43. The normalized spacial score (nSPS) is 15.1. The Hall–Kier alpha value is -2.35. The van der Waals surface area contributed by atoms with E-state index in [2.05, 4.69) is 51.8 Å². The number of likely N-dealkylation sites (N-methyl/N-ethyl adjacent to an activating group) is 1. The van der Waals surface area contributed by atoms with E-state index in [1.165, 1.54) is 11.1 Å². The van der Waals surface area contributed by atoms with Crippen LogP contribution in [0.15, 0.2) is 54.0 Å². The number of piperazine rings is 1. The standard InChI is InChI=1S/C26H26Cl2N4OS/c1-31-9-11-32(12-10-31)15-17-3-5-18(6-4-17)19-16-34-26-22(7-8-29-25(19)26)30-23-14-24(33-2)21(28)13-20(23)27/h3-8,13-14,16H,9-12,15H2,1-2H3,(H,29,30). The summed E-state index contributed by atoms with van der Waals surface area (Å²) in [4.78, 5) is 9.59. The highest BCUT2D eigenvalue weighted by Crippen LogP contribution is 2.40. The average molecular weight is 513 g/mol. The molecule has 1 fully saturated rings. The summed E-state index contributed by atoms with van der Waals surface area (Å²) < 4.78 is 6.42. The Kier molecular flexibility index (Phi) is 6.95. The number of hydrogen-bond acceptors (Lipinski definition) is 6. The summed E-state index contributed by atoms with van der Waals surface area (Å²) in [5, 5.41) is 6.61. The summed E-state index contributed by atoms with van der Waals surface area (Å²) in [6.07, 6.45) is 1.82. The third kappa shape index (κ3) is 4.88. The van der Waals surface area contributed by atoms with Crippen molar-refractivity contribution in [2.24, 2.45) is 0 Å². The molecule has 0 radical (unpaired) electrons.